The summed E-state index contributed by atoms with van der Waals surface area (Å²) in [4.78, 5) is 20.9. The van der Waals surface area contributed by atoms with Crippen LogP contribution in [0.15, 0.2) is 11.8 Å². The number of hydrogen-bond donors (Lipinski definition) is 1. The molecule has 0 fully saturated rings. The maximum absolute atomic E-state index is 11.2. The van der Waals surface area contributed by atoms with Crippen LogP contribution in [0.5, 0.6) is 0 Å². The van der Waals surface area contributed by atoms with E-state index in [0.29, 0.717) is 0 Å². The zero-order valence-electron chi connectivity index (χ0n) is 7.14. The number of carbonyl (C=O) groups is 2. The van der Waals surface area contributed by atoms with E-state index in [-0.39, 0.29) is 5.57 Å². The third-order valence-electron chi connectivity index (χ3n) is 1.16. The van der Waals surface area contributed by atoms with Crippen molar-refractivity contribution in [1.82, 2.24) is 5.32 Å². The highest BCUT2D eigenvalue weighted by atomic mass is 35.5. The first-order valence-corrected chi connectivity index (χ1v) is 4.20. The number of hydrogen-bond acceptors (Lipinski definition) is 4. The monoisotopic (exact) mass is 225 g/mol. The van der Waals surface area contributed by atoms with Crippen LogP contribution >= 0.6 is 23.2 Å². The van der Waals surface area contributed by atoms with Gasteiger partial charge in [0.25, 0.3) is 0 Å². The first-order chi connectivity index (χ1) is 6.04. The number of ether oxygens (including phenoxy) is 1. The Bertz CT molecular complexity index is 238. The molecule has 4 nitrogen and oxygen atoms in total. The van der Waals surface area contributed by atoms with Crippen molar-refractivity contribution >= 4 is 35.0 Å². The van der Waals surface area contributed by atoms with E-state index in [2.05, 4.69) is 10.1 Å². The lowest BCUT2D eigenvalue weighted by atomic mass is 10.2. The molecular formula is C7H9Cl2NO3. The van der Waals surface area contributed by atoms with Crippen LogP contribution in [0, 0.1) is 0 Å². The van der Waals surface area contributed by atoms with Gasteiger partial charge in [-0.1, -0.05) is 23.2 Å². The number of carbonyl (C=O) groups excluding carboxylic acids is 2. The summed E-state index contributed by atoms with van der Waals surface area (Å²) in [6.45, 7) is 0. The van der Waals surface area contributed by atoms with Crippen molar-refractivity contribution in [3.05, 3.63) is 11.8 Å². The second-order valence-corrected chi connectivity index (χ2v) is 3.10. The van der Waals surface area contributed by atoms with E-state index >= 15 is 0 Å². The van der Waals surface area contributed by atoms with Crippen LogP contribution in [0.4, 0.5) is 0 Å². The lowest BCUT2D eigenvalue weighted by Gasteiger charge is -2.04. The van der Waals surface area contributed by atoms with Crippen molar-refractivity contribution in [2.24, 2.45) is 0 Å². The molecule has 0 aromatic heterocycles. The summed E-state index contributed by atoms with van der Waals surface area (Å²) in [5.41, 5.74) is -0.208. The van der Waals surface area contributed by atoms with Crippen LogP contribution in [0.3, 0.4) is 0 Å². The van der Waals surface area contributed by atoms with Crippen molar-refractivity contribution in [3.8, 4) is 0 Å². The molecule has 0 radical (unpaired) electrons. The molecule has 0 rings (SSSR count). The van der Waals surface area contributed by atoms with Crippen molar-refractivity contribution in [2.75, 3.05) is 14.2 Å². The van der Waals surface area contributed by atoms with Crippen LogP contribution in [-0.4, -0.2) is 30.7 Å². The summed E-state index contributed by atoms with van der Waals surface area (Å²) in [7, 11) is 2.70. The van der Waals surface area contributed by atoms with Crippen molar-refractivity contribution in [3.63, 3.8) is 0 Å². The van der Waals surface area contributed by atoms with Gasteiger partial charge in [0, 0.05) is 13.2 Å². The standard InChI is InChI=1S/C7H9Cl2NO3/c1-10-3-4(7(12)13-2)5(11)6(8)9/h3,6,10H,1-2H3/b4-3-. The third-order valence-corrected chi connectivity index (χ3v) is 1.55. The Balaban J connectivity index is 4.72. The number of methoxy groups -OCH3 is 1. The molecule has 13 heavy (non-hydrogen) atoms. The van der Waals surface area contributed by atoms with Gasteiger partial charge < -0.3 is 10.1 Å². The predicted molar refractivity (Wildman–Crippen MR) is 49.7 cm³/mol. The van der Waals surface area contributed by atoms with E-state index in [4.69, 9.17) is 23.2 Å². The molecule has 6 heteroatoms. The van der Waals surface area contributed by atoms with Gasteiger partial charge in [-0.2, -0.15) is 0 Å². The smallest absolute Gasteiger partial charge is 0.343 e. The van der Waals surface area contributed by atoms with E-state index in [0.717, 1.165) is 7.11 Å². The molecule has 0 aromatic rings. The Morgan fingerprint density at radius 2 is 2.00 bits per heavy atom. The largest absolute Gasteiger partial charge is 0.465 e. The van der Waals surface area contributed by atoms with E-state index in [1.807, 2.05) is 0 Å². The molecule has 0 aromatic carbocycles. The zero-order valence-corrected chi connectivity index (χ0v) is 8.65. The van der Waals surface area contributed by atoms with Gasteiger partial charge in [-0.25, -0.2) is 4.79 Å². The van der Waals surface area contributed by atoms with E-state index in [1.165, 1.54) is 13.2 Å². The van der Waals surface area contributed by atoms with Gasteiger partial charge >= 0.3 is 5.97 Å². The fraction of sp³-hybridized carbons (Fsp3) is 0.429. The topological polar surface area (TPSA) is 55.4 Å². The molecule has 0 saturated heterocycles. The normalized spacial score (nSPS) is 11.3. The quantitative estimate of drug-likeness (QED) is 0.251. The molecule has 74 valence electrons. The number of rotatable bonds is 4. The van der Waals surface area contributed by atoms with Crippen LogP contribution in [0.2, 0.25) is 0 Å². The number of esters is 1. The zero-order chi connectivity index (χ0) is 10.4. The van der Waals surface area contributed by atoms with Gasteiger partial charge in [0.05, 0.1) is 7.11 Å². The average molecular weight is 226 g/mol. The minimum absolute atomic E-state index is 0.208. The molecule has 0 aliphatic heterocycles. The molecule has 0 amide bonds. The number of halogens is 2. The summed E-state index contributed by atoms with van der Waals surface area (Å²) >= 11 is 10.6. The first kappa shape index (κ1) is 12.3. The number of Topliss-reactive ketones (excluding diaryl/α,β-unsaturated/α-hetero) is 1. The Morgan fingerprint density at radius 1 is 1.46 bits per heavy atom. The lowest BCUT2D eigenvalue weighted by molar-refractivity contribution is -0.137. The van der Waals surface area contributed by atoms with Crippen LogP contribution in [0.1, 0.15) is 0 Å². The van der Waals surface area contributed by atoms with Gasteiger partial charge in [-0.3, -0.25) is 4.79 Å². The summed E-state index contributed by atoms with van der Waals surface area (Å²) in [5.74, 6) is -1.46. The molecule has 0 aliphatic carbocycles. The fourth-order valence-electron chi connectivity index (χ4n) is 0.602. The van der Waals surface area contributed by atoms with Crippen molar-refractivity contribution < 1.29 is 14.3 Å². The number of nitrogens with one attached hydrogen (secondary N) is 1. The van der Waals surface area contributed by atoms with Crippen molar-refractivity contribution in [2.45, 2.75) is 4.84 Å². The second-order valence-electron chi connectivity index (χ2n) is 2.00. The molecule has 0 bridgehead atoms. The highest BCUT2D eigenvalue weighted by Crippen LogP contribution is 2.10. The highest BCUT2D eigenvalue weighted by molar-refractivity contribution is 6.56. The maximum Gasteiger partial charge on any atom is 0.343 e. The molecule has 0 aliphatic rings. The van der Waals surface area contributed by atoms with E-state index in [9.17, 15) is 9.59 Å². The molecule has 0 heterocycles. The molecule has 1 N–H and O–H groups in total. The minimum atomic E-state index is -1.27. The Labute approximate surface area is 85.8 Å². The summed E-state index contributed by atoms with van der Waals surface area (Å²) < 4.78 is 4.35. The third kappa shape index (κ3) is 3.65. The van der Waals surface area contributed by atoms with Crippen LogP contribution < -0.4 is 5.32 Å². The Hall–Kier alpha value is -0.740. The number of alkyl halides is 2. The Kier molecular flexibility index (Phi) is 5.50. The van der Waals surface area contributed by atoms with Gasteiger partial charge in [0.15, 0.2) is 4.84 Å². The maximum atomic E-state index is 11.2. The van der Waals surface area contributed by atoms with E-state index in [1.54, 1.807) is 0 Å². The van der Waals surface area contributed by atoms with Crippen LogP contribution in [0.25, 0.3) is 0 Å². The lowest BCUT2D eigenvalue weighted by Crippen LogP contribution is -2.21. The van der Waals surface area contributed by atoms with E-state index < -0.39 is 16.6 Å². The Morgan fingerprint density at radius 3 is 2.31 bits per heavy atom. The van der Waals surface area contributed by atoms with Gasteiger partial charge in [0.2, 0.25) is 5.78 Å². The molecule has 0 saturated carbocycles. The van der Waals surface area contributed by atoms with Crippen molar-refractivity contribution in [1.29, 1.82) is 0 Å². The SMILES string of the molecule is CN/C=C(\C(=O)OC)C(=O)C(Cl)Cl. The van der Waals surface area contributed by atoms with Crippen LogP contribution in [-0.2, 0) is 14.3 Å². The molecular weight excluding hydrogens is 217 g/mol. The summed E-state index contributed by atoms with van der Waals surface area (Å²) in [6.07, 6.45) is 1.19. The predicted octanol–water partition coefficient (Wildman–Crippen LogP) is 0.635. The minimum Gasteiger partial charge on any atom is -0.465 e. The highest BCUT2D eigenvalue weighted by Gasteiger charge is 2.23. The first-order valence-electron chi connectivity index (χ1n) is 3.32. The number of ketones is 1. The molecule has 0 spiro atoms. The second kappa shape index (κ2) is 5.83. The summed E-state index contributed by atoms with van der Waals surface area (Å²) in [5, 5.41) is 2.52. The van der Waals surface area contributed by atoms with Gasteiger partial charge in [0.1, 0.15) is 5.57 Å². The van der Waals surface area contributed by atoms with Gasteiger partial charge in [-0.05, 0) is 0 Å². The average Bonchev–Trinajstić information content (AvgIpc) is 2.11. The fourth-order valence-corrected chi connectivity index (χ4v) is 0.838. The van der Waals surface area contributed by atoms with Gasteiger partial charge in [-0.15, -0.1) is 0 Å². The molecule has 0 unspecified atom stereocenters. The summed E-state index contributed by atoms with van der Waals surface area (Å²) in [6, 6.07) is 0. The molecule has 0 atom stereocenters.